The van der Waals surface area contributed by atoms with Crippen molar-refractivity contribution in [3.8, 4) is 5.69 Å². The van der Waals surface area contributed by atoms with Gasteiger partial charge in [-0.1, -0.05) is 35.3 Å². The summed E-state index contributed by atoms with van der Waals surface area (Å²) in [5.41, 5.74) is 3.31. The average Bonchev–Trinajstić information content (AvgIpc) is 3.00. The molecule has 1 N–H and O–H groups in total. The predicted molar refractivity (Wildman–Crippen MR) is 121 cm³/mol. The smallest absolute Gasteiger partial charge is 0.316 e. The highest BCUT2D eigenvalue weighted by Crippen LogP contribution is 2.29. The van der Waals surface area contributed by atoms with Crippen LogP contribution in [0.4, 0.5) is 10.5 Å². The Balaban J connectivity index is 1.77. The summed E-state index contributed by atoms with van der Waals surface area (Å²) in [5.74, 6) is -1.46. The summed E-state index contributed by atoms with van der Waals surface area (Å²) in [6.07, 6.45) is 1.49. The van der Waals surface area contributed by atoms with Gasteiger partial charge in [0.1, 0.15) is 5.57 Å². The van der Waals surface area contributed by atoms with Crippen LogP contribution in [0.3, 0.4) is 0 Å². The number of anilines is 1. The van der Waals surface area contributed by atoms with Crippen LogP contribution in [0.15, 0.2) is 60.2 Å². The Labute approximate surface area is 188 Å². The lowest BCUT2D eigenvalue weighted by Crippen LogP contribution is -2.54. The van der Waals surface area contributed by atoms with Gasteiger partial charge in [0.05, 0.1) is 16.4 Å². The molecule has 0 atom stereocenters. The van der Waals surface area contributed by atoms with Gasteiger partial charge in [-0.3, -0.25) is 14.9 Å². The van der Waals surface area contributed by atoms with Gasteiger partial charge in [-0.2, -0.15) is 0 Å². The molecule has 4 rings (SSSR count). The molecule has 6 nitrogen and oxygen atoms in total. The predicted octanol–water partition coefficient (Wildman–Crippen LogP) is 5.07. The van der Waals surface area contributed by atoms with Crippen molar-refractivity contribution in [1.29, 1.82) is 0 Å². The molecule has 0 bridgehead atoms. The zero-order valence-corrected chi connectivity index (χ0v) is 18.2. The van der Waals surface area contributed by atoms with Crippen molar-refractivity contribution < 1.29 is 14.4 Å². The molecule has 4 amide bonds. The fourth-order valence-electron chi connectivity index (χ4n) is 3.58. The van der Waals surface area contributed by atoms with Gasteiger partial charge in [-0.25, -0.2) is 9.69 Å². The number of nitrogens with one attached hydrogen (secondary N) is 1. The van der Waals surface area contributed by atoms with E-state index >= 15 is 0 Å². The molecule has 0 spiro atoms. The third-order valence-electron chi connectivity index (χ3n) is 5.05. The number of para-hydroxylation sites is 1. The minimum Gasteiger partial charge on any atom is -0.316 e. The quantitative estimate of drug-likeness (QED) is 0.444. The number of imide groups is 2. The van der Waals surface area contributed by atoms with E-state index in [1.54, 1.807) is 18.2 Å². The number of hydrogen-bond donors (Lipinski definition) is 1. The number of aromatic nitrogens is 1. The number of carbonyl (C=O) groups is 3. The first kappa shape index (κ1) is 20.9. The first-order valence-corrected chi connectivity index (χ1v) is 10.1. The first-order valence-electron chi connectivity index (χ1n) is 9.39. The zero-order chi connectivity index (χ0) is 22.3. The summed E-state index contributed by atoms with van der Waals surface area (Å²) in [6.45, 7) is 3.78. The highest BCUT2D eigenvalue weighted by molar-refractivity contribution is 6.39. The molecule has 31 heavy (non-hydrogen) atoms. The maximum atomic E-state index is 13.1. The second kappa shape index (κ2) is 8.06. The topological polar surface area (TPSA) is 71.4 Å². The van der Waals surface area contributed by atoms with E-state index in [0.717, 1.165) is 22.0 Å². The van der Waals surface area contributed by atoms with E-state index in [-0.39, 0.29) is 5.57 Å². The number of barbiturate groups is 1. The minimum atomic E-state index is -0.809. The molecule has 1 aliphatic rings. The van der Waals surface area contributed by atoms with Crippen molar-refractivity contribution in [3.63, 3.8) is 0 Å². The van der Waals surface area contributed by atoms with Gasteiger partial charge >= 0.3 is 6.03 Å². The Kier molecular flexibility index (Phi) is 5.43. The number of hydrogen-bond acceptors (Lipinski definition) is 3. The van der Waals surface area contributed by atoms with Crippen LogP contribution in [0.1, 0.15) is 17.0 Å². The molecule has 1 aliphatic heterocycles. The Morgan fingerprint density at radius 2 is 1.61 bits per heavy atom. The van der Waals surface area contributed by atoms with Crippen molar-refractivity contribution in [2.75, 3.05) is 4.90 Å². The second-order valence-corrected chi connectivity index (χ2v) is 7.89. The normalized spacial score (nSPS) is 15.5. The lowest BCUT2D eigenvalue weighted by atomic mass is 10.1. The Morgan fingerprint density at radius 1 is 0.935 bits per heavy atom. The molecule has 2 aromatic carbocycles. The number of benzene rings is 2. The fraction of sp³-hybridized carbons (Fsp3) is 0.0870. The summed E-state index contributed by atoms with van der Waals surface area (Å²) in [4.78, 5) is 38.8. The fourth-order valence-corrected chi connectivity index (χ4v) is 3.92. The van der Waals surface area contributed by atoms with E-state index in [9.17, 15) is 14.4 Å². The number of carbonyl (C=O) groups excluding carboxylic acids is 3. The molecule has 0 radical (unpaired) electrons. The SMILES string of the molecule is Cc1cc(/C=C2\C(=O)NC(=O)N(c3ccc(Cl)cc3)C2=O)c(C)n1-c1ccccc1Cl. The number of rotatable bonds is 3. The van der Waals surface area contributed by atoms with Gasteiger partial charge in [0.15, 0.2) is 0 Å². The van der Waals surface area contributed by atoms with Crippen LogP contribution in [0.2, 0.25) is 10.0 Å². The van der Waals surface area contributed by atoms with Crippen molar-refractivity contribution in [1.82, 2.24) is 9.88 Å². The molecule has 0 aliphatic carbocycles. The van der Waals surface area contributed by atoms with Crippen LogP contribution in [-0.4, -0.2) is 22.4 Å². The number of halogens is 2. The van der Waals surface area contributed by atoms with E-state index < -0.39 is 17.8 Å². The third-order valence-corrected chi connectivity index (χ3v) is 5.62. The summed E-state index contributed by atoms with van der Waals surface area (Å²) in [6, 6.07) is 14.7. The highest BCUT2D eigenvalue weighted by Gasteiger charge is 2.37. The molecule has 2 heterocycles. The molecular formula is C23H17Cl2N3O3. The number of urea groups is 1. The third kappa shape index (κ3) is 3.76. The van der Waals surface area contributed by atoms with Crippen molar-refractivity contribution in [2.24, 2.45) is 0 Å². The Hall–Kier alpha value is -3.35. The molecule has 0 unspecified atom stereocenters. The monoisotopic (exact) mass is 453 g/mol. The molecule has 1 saturated heterocycles. The van der Waals surface area contributed by atoms with Gasteiger partial charge in [0.25, 0.3) is 11.8 Å². The molecule has 1 fully saturated rings. The summed E-state index contributed by atoms with van der Waals surface area (Å²) in [7, 11) is 0. The average molecular weight is 454 g/mol. The van der Waals surface area contributed by atoms with Crippen LogP contribution >= 0.6 is 23.2 Å². The van der Waals surface area contributed by atoms with Gasteiger partial charge in [-0.05, 0) is 68.0 Å². The number of aryl methyl sites for hydroxylation is 1. The molecule has 3 aromatic rings. The molecule has 156 valence electrons. The van der Waals surface area contributed by atoms with Crippen molar-refractivity contribution in [2.45, 2.75) is 13.8 Å². The molecule has 1 aromatic heterocycles. The van der Waals surface area contributed by atoms with E-state index in [1.165, 1.54) is 18.2 Å². The van der Waals surface area contributed by atoms with E-state index in [4.69, 9.17) is 23.2 Å². The lowest BCUT2D eigenvalue weighted by molar-refractivity contribution is -0.122. The summed E-state index contributed by atoms with van der Waals surface area (Å²) < 4.78 is 1.95. The number of nitrogens with zero attached hydrogens (tertiary/aromatic N) is 2. The summed E-state index contributed by atoms with van der Waals surface area (Å²) in [5, 5.41) is 3.27. The van der Waals surface area contributed by atoms with Gasteiger partial charge in [0, 0.05) is 16.4 Å². The Morgan fingerprint density at radius 3 is 2.29 bits per heavy atom. The molecule has 0 saturated carbocycles. The van der Waals surface area contributed by atoms with E-state index in [1.807, 2.05) is 42.7 Å². The van der Waals surface area contributed by atoms with Crippen LogP contribution in [0, 0.1) is 13.8 Å². The van der Waals surface area contributed by atoms with Crippen LogP contribution in [-0.2, 0) is 9.59 Å². The van der Waals surface area contributed by atoms with Crippen molar-refractivity contribution in [3.05, 3.63) is 87.2 Å². The molecule has 8 heteroatoms. The lowest BCUT2D eigenvalue weighted by Gasteiger charge is -2.26. The van der Waals surface area contributed by atoms with E-state index in [2.05, 4.69) is 5.32 Å². The Bertz CT molecular complexity index is 1260. The second-order valence-electron chi connectivity index (χ2n) is 7.05. The van der Waals surface area contributed by atoms with Gasteiger partial charge < -0.3 is 4.57 Å². The van der Waals surface area contributed by atoms with Crippen LogP contribution in [0.25, 0.3) is 11.8 Å². The van der Waals surface area contributed by atoms with Crippen LogP contribution in [0.5, 0.6) is 0 Å². The summed E-state index contributed by atoms with van der Waals surface area (Å²) >= 11 is 12.3. The standard InChI is InChI=1S/C23H17Cl2N3O3/c1-13-11-15(14(2)27(13)20-6-4-3-5-19(20)25)12-18-21(29)26-23(31)28(22(18)30)17-9-7-16(24)8-10-17/h3-12H,1-2H3,(H,26,29,31)/b18-12+. The van der Waals surface area contributed by atoms with Gasteiger partial charge in [-0.15, -0.1) is 0 Å². The largest absolute Gasteiger partial charge is 0.335 e. The maximum absolute atomic E-state index is 13.1. The maximum Gasteiger partial charge on any atom is 0.335 e. The van der Waals surface area contributed by atoms with Crippen LogP contribution < -0.4 is 10.2 Å². The minimum absolute atomic E-state index is 0.144. The van der Waals surface area contributed by atoms with Gasteiger partial charge in [0.2, 0.25) is 0 Å². The number of amides is 4. The van der Waals surface area contributed by atoms with E-state index in [0.29, 0.717) is 21.3 Å². The first-order chi connectivity index (χ1) is 14.8. The zero-order valence-electron chi connectivity index (χ0n) is 16.6. The molecular weight excluding hydrogens is 437 g/mol. The van der Waals surface area contributed by atoms with Crippen molar-refractivity contribution >= 4 is 52.8 Å². The highest BCUT2D eigenvalue weighted by atomic mass is 35.5.